The van der Waals surface area contributed by atoms with Gasteiger partial charge in [0.05, 0.1) is 19.5 Å². The van der Waals surface area contributed by atoms with Gasteiger partial charge in [-0.25, -0.2) is 9.37 Å². The monoisotopic (exact) mass is 368 g/mol. The maximum Gasteiger partial charge on any atom is 0.160 e. The highest BCUT2D eigenvalue weighted by atomic mass is 79.9. The van der Waals surface area contributed by atoms with E-state index in [-0.39, 0.29) is 10.0 Å². The second-order valence-corrected chi connectivity index (χ2v) is 5.47. The summed E-state index contributed by atoms with van der Waals surface area (Å²) in [6.07, 6.45) is 1.49. The fraction of sp³-hybridized carbons (Fsp3) is 0. The van der Waals surface area contributed by atoms with E-state index in [4.69, 9.17) is 34.8 Å². The zero-order chi connectivity index (χ0) is 13.3. The second kappa shape index (κ2) is 5.61. The van der Waals surface area contributed by atoms with Crippen LogP contribution >= 0.6 is 50.7 Å². The van der Waals surface area contributed by atoms with E-state index in [1.165, 1.54) is 18.3 Å². The topological polar surface area (TPSA) is 24.9 Å². The zero-order valence-corrected chi connectivity index (χ0v) is 12.5. The number of nitrogens with one attached hydrogen (secondary N) is 1. The minimum atomic E-state index is -0.646. The summed E-state index contributed by atoms with van der Waals surface area (Å²) in [6.45, 7) is 0. The molecule has 1 heterocycles. The second-order valence-electron chi connectivity index (χ2n) is 3.36. The van der Waals surface area contributed by atoms with Crippen molar-refractivity contribution in [1.29, 1.82) is 0 Å². The van der Waals surface area contributed by atoms with Crippen molar-refractivity contribution < 1.29 is 4.39 Å². The number of hydrogen-bond donors (Lipinski definition) is 1. The van der Waals surface area contributed by atoms with Crippen molar-refractivity contribution in [2.24, 2.45) is 0 Å². The molecule has 0 aliphatic carbocycles. The van der Waals surface area contributed by atoms with Crippen LogP contribution in [0, 0.1) is 5.82 Å². The molecule has 94 valence electrons. The van der Waals surface area contributed by atoms with Crippen molar-refractivity contribution in [3.8, 4) is 0 Å². The summed E-state index contributed by atoms with van der Waals surface area (Å²) < 4.78 is 13.9. The first-order chi connectivity index (χ1) is 8.47. The van der Waals surface area contributed by atoms with Gasteiger partial charge in [0.25, 0.3) is 0 Å². The Labute approximate surface area is 126 Å². The number of halogens is 5. The quantitative estimate of drug-likeness (QED) is 0.687. The van der Waals surface area contributed by atoms with Crippen LogP contribution in [-0.2, 0) is 0 Å². The fourth-order valence-electron chi connectivity index (χ4n) is 1.27. The average molecular weight is 370 g/mol. The summed E-state index contributed by atoms with van der Waals surface area (Å²) in [6, 6.07) is 4.53. The van der Waals surface area contributed by atoms with Crippen LogP contribution in [0.3, 0.4) is 0 Å². The number of aromatic nitrogens is 1. The maximum absolute atomic E-state index is 13.2. The van der Waals surface area contributed by atoms with E-state index in [1.54, 1.807) is 6.07 Å². The molecule has 0 saturated carbocycles. The Bertz CT molecular complexity index is 584. The highest BCUT2D eigenvalue weighted by molar-refractivity contribution is 9.10. The molecule has 0 amide bonds. The number of rotatable bonds is 2. The molecule has 1 aromatic heterocycles. The highest BCUT2D eigenvalue weighted by Crippen LogP contribution is 2.31. The van der Waals surface area contributed by atoms with Crippen LogP contribution < -0.4 is 5.32 Å². The molecule has 18 heavy (non-hydrogen) atoms. The molecule has 0 radical (unpaired) electrons. The van der Waals surface area contributed by atoms with Gasteiger partial charge in [0.1, 0.15) is 5.82 Å². The van der Waals surface area contributed by atoms with Crippen molar-refractivity contribution in [1.82, 2.24) is 4.98 Å². The summed E-state index contributed by atoms with van der Waals surface area (Å²) in [4.78, 5) is 4.09. The molecule has 0 spiro atoms. The summed E-state index contributed by atoms with van der Waals surface area (Å²) in [7, 11) is 0. The molecule has 0 atom stereocenters. The number of nitrogens with zero attached hydrogens (tertiary/aromatic N) is 1. The van der Waals surface area contributed by atoms with Crippen LogP contribution in [0.15, 0.2) is 28.9 Å². The van der Waals surface area contributed by atoms with Gasteiger partial charge in [0.2, 0.25) is 0 Å². The molecule has 2 aromatic rings. The van der Waals surface area contributed by atoms with Gasteiger partial charge in [0.15, 0.2) is 5.82 Å². The number of anilines is 2. The molecule has 0 aliphatic rings. The third-order valence-electron chi connectivity index (χ3n) is 2.05. The van der Waals surface area contributed by atoms with Gasteiger partial charge in [-0.3, -0.25) is 0 Å². The molecule has 0 unspecified atom stereocenters. The molecule has 2 nitrogen and oxygen atoms in total. The lowest BCUT2D eigenvalue weighted by molar-refractivity contribution is 0.629. The number of hydrogen-bond acceptors (Lipinski definition) is 2. The van der Waals surface area contributed by atoms with Gasteiger partial charge in [0, 0.05) is 11.9 Å². The molecule has 0 aliphatic heterocycles. The average Bonchev–Trinajstić information content (AvgIpc) is 2.29. The minimum Gasteiger partial charge on any atom is -0.339 e. The minimum absolute atomic E-state index is 0.0601. The molecular formula is C11H5BrCl3FN2. The Balaban J connectivity index is 2.34. The van der Waals surface area contributed by atoms with E-state index >= 15 is 0 Å². The van der Waals surface area contributed by atoms with Crippen LogP contribution in [0.5, 0.6) is 0 Å². The van der Waals surface area contributed by atoms with E-state index in [9.17, 15) is 4.39 Å². The summed E-state index contributed by atoms with van der Waals surface area (Å²) in [5.41, 5.74) is 0.530. The Morgan fingerprint density at radius 2 is 1.72 bits per heavy atom. The van der Waals surface area contributed by atoms with Gasteiger partial charge in [-0.2, -0.15) is 0 Å². The van der Waals surface area contributed by atoms with Gasteiger partial charge in [-0.05, 0) is 34.1 Å². The largest absolute Gasteiger partial charge is 0.339 e. The lowest BCUT2D eigenvalue weighted by Gasteiger charge is -2.09. The highest BCUT2D eigenvalue weighted by Gasteiger charge is 2.09. The Morgan fingerprint density at radius 3 is 2.28 bits per heavy atom. The van der Waals surface area contributed by atoms with Gasteiger partial charge >= 0.3 is 0 Å². The Morgan fingerprint density at radius 1 is 1.11 bits per heavy atom. The summed E-state index contributed by atoms with van der Waals surface area (Å²) >= 11 is 20.5. The summed E-state index contributed by atoms with van der Waals surface area (Å²) in [5, 5.41) is 3.34. The van der Waals surface area contributed by atoms with E-state index in [2.05, 4.69) is 26.2 Å². The number of pyridine rings is 1. The molecule has 1 N–H and O–H groups in total. The van der Waals surface area contributed by atoms with Crippen LogP contribution in [0.25, 0.3) is 0 Å². The van der Waals surface area contributed by atoms with E-state index in [0.29, 0.717) is 21.0 Å². The molecule has 2 rings (SSSR count). The van der Waals surface area contributed by atoms with Crippen molar-refractivity contribution in [2.75, 3.05) is 5.32 Å². The lowest BCUT2D eigenvalue weighted by Crippen LogP contribution is -1.95. The first kappa shape index (κ1) is 13.9. The molecule has 0 fully saturated rings. The van der Waals surface area contributed by atoms with Crippen molar-refractivity contribution in [3.05, 3.63) is 49.8 Å². The van der Waals surface area contributed by atoms with Crippen LogP contribution in [0.2, 0.25) is 15.1 Å². The normalized spacial score (nSPS) is 10.5. The van der Waals surface area contributed by atoms with Crippen molar-refractivity contribution >= 4 is 62.2 Å². The molecule has 7 heteroatoms. The SMILES string of the molecule is Fc1c(Cl)cc(Nc2ncc(Cl)cc2Br)cc1Cl. The number of benzene rings is 1. The first-order valence-electron chi connectivity index (χ1n) is 4.70. The third kappa shape index (κ3) is 3.06. The Hall–Kier alpha value is -0.550. The predicted octanol–water partition coefficient (Wildman–Crippen LogP) is 5.69. The Kier molecular flexibility index (Phi) is 4.33. The van der Waals surface area contributed by atoms with Gasteiger partial charge in [-0.15, -0.1) is 0 Å². The van der Waals surface area contributed by atoms with Crippen LogP contribution in [0.4, 0.5) is 15.9 Å². The molecule has 0 bridgehead atoms. The summed E-state index contributed by atoms with van der Waals surface area (Å²) in [5.74, 6) is -0.120. The fourth-order valence-corrected chi connectivity index (χ4v) is 2.50. The molecular weight excluding hydrogens is 365 g/mol. The van der Waals surface area contributed by atoms with E-state index in [0.717, 1.165) is 0 Å². The third-order valence-corrected chi connectivity index (χ3v) is 3.42. The predicted molar refractivity (Wildman–Crippen MR) is 76.6 cm³/mol. The molecule has 1 aromatic carbocycles. The standard InChI is InChI=1S/C11H5BrCl3FN2/c12-7-1-5(13)4-17-11(7)18-6-2-8(14)10(16)9(15)3-6/h1-4H,(H,17,18). The van der Waals surface area contributed by atoms with Crippen LogP contribution in [0.1, 0.15) is 0 Å². The van der Waals surface area contributed by atoms with Gasteiger partial charge in [-0.1, -0.05) is 34.8 Å². The smallest absolute Gasteiger partial charge is 0.160 e. The van der Waals surface area contributed by atoms with E-state index in [1.807, 2.05) is 0 Å². The van der Waals surface area contributed by atoms with Crippen LogP contribution in [-0.4, -0.2) is 4.98 Å². The molecule has 0 saturated heterocycles. The zero-order valence-electron chi connectivity index (χ0n) is 8.65. The van der Waals surface area contributed by atoms with Crippen molar-refractivity contribution in [3.63, 3.8) is 0 Å². The maximum atomic E-state index is 13.2. The van der Waals surface area contributed by atoms with Crippen molar-refractivity contribution in [2.45, 2.75) is 0 Å². The van der Waals surface area contributed by atoms with Gasteiger partial charge < -0.3 is 5.32 Å². The first-order valence-corrected chi connectivity index (χ1v) is 6.62. The van der Waals surface area contributed by atoms with E-state index < -0.39 is 5.82 Å². The lowest BCUT2D eigenvalue weighted by atomic mass is 10.3.